The van der Waals surface area contributed by atoms with Crippen LogP contribution in [0.2, 0.25) is 5.15 Å². The van der Waals surface area contributed by atoms with Gasteiger partial charge in [-0.2, -0.15) is 0 Å². The van der Waals surface area contributed by atoms with Gasteiger partial charge in [0, 0.05) is 12.0 Å². The molecule has 0 N–H and O–H groups in total. The second kappa shape index (κ2) is 6.07. The van der Waals surface area contributed by atoms with Crippen molar-refractivity contribution >= 4 is 59.4 Å². The summed E-state index contributed by atoms with van der Waals surface area (Å²) < 4.78 is 7.84. The van der Waals surface area contributed by atoms with E-state index in [2.05, 4.69) is 57.8 Å². The van der Waals surface area contributed by atoms with Gasteiger partial charge in [-0.1, -0.05) is 24.4 Å². The fourth-order valence-electron chi connectivity index (χ4n) is 2.47. The molecule has 0 spiro atoms. The average molecular weight is 485 g/mol. The summed E-state index contributed by atoms with van der Waals surface area (Å²) in [7, 11) is 0. The van der Waals surface area contributed by atoms with Gasteiger partial charge in [-0.05, 0) is 60.6 Å². The highest BCUT2D eigenvalue weighted by Crippen LogP contribution is 2.40. The van der Waals surface area contributed by atoms with Crippen molar-refractivity contribution in [2.75, 3.05) is 0 Å². The summed E-state index contributed by atoms with van der Waals surface area (Å²) in [6.07, 6.45) is 4.78. The minimum absolute atomic E-state index is 0.431. The van der Waals surface area contributed by atoms with E-state index in [1.165, 1.54) is 12.8 Å². The lowest BCUT2D eigenvalue weighted by molar-refractivity contribution is 0.548. The fraction of sp³-hybridized carbons (Fsp3) is 0.385. The molecule has 0 unspecified atom stereocenters. The van der Waals surface area contributed by atoms with Crippen LogP contribution in [0.1, 0.15) is 37.3 Å². The molecule has 1 aliphatic carbocycles. The van der Waals surface area contributed by atoms with Gasteiger partial charge >= 0.3 is 0 Å². The van der Waals surface area contributed by atoms with E-state index in [9.17, 15) is 0 Å². The number of hydrogen-bond acceptors (Lipinski definition) is 3. The highest BCUT2D eigenvalue weighted by atomic mass is 79.9. The highest BCUT2D eigenvalue weighted by Gasteiger charge is 2.24. The Morgan fingerprint density at radius 2 is 1.85 bits per heavy atom. The zero-order valence-electron chi connectivity index (χ0n) is 10.3. The summed E-state index contributed by atoms with van der Waals surface area (Å²) in [5.41, 5.74) is 0.987. The van der Waals surface area contributed by atoms with Gasteiger partial charge in [-0.3, -0.25) is 0 Å². The SMILES string of the molecule is Clc1nc(-c2cc(Br)c(Br)o2)nc(C2CCCC2)c1Br. The van der Waals surface area contributed by atoms with Gasteiger partial charge in [-0.15, -0.1) is 0 Å². The molecular formula is C13H10Br3ClN2O. The van der Waals surface area contributed by atoms with Gasteiger partial charge in [0.1, 0.15) is 5.15 Å². The average Bonchev–Trinajstić information content (AvgIpc) is 3.04. The van der Waals surface area contributed by atoms with Crippen LogP contribution in [0.3, 0.4) is 0 Å². The molecule has 1 aliphatic rings. The number of nitrogens with zero attached hydrogens (tertiary/aromatic N) is 2. The van der Waals surface area contributed by atoms with Gasteiger partial charge < -0.3 is 4.42 Å². The second-order valence-corrected chi connectivity index (χ2v) is 7.48. The Morgan fingerprint density at radius 1 is 1.15 bits per heavy atom. The molecule has 7 heteroatoms. The normalized spacial score (nSPS) is 16.0. The molecular weight excluding hydrogens is 475 g/mol. The first kappa shape index (κ1) is 15.0. The Labute approximate surface area is 146 Å². The van der Waals surface area contributed by atoms with Crippen LogP contribution in [0.15, 0.2) is 24.1 Å². The smallest absolute Gasteiger partial charge is 0.197 e. The van der Waals surface area contributed by atoms with Crippen LogP contribution in [0.25, 0.3) is 11.6 Å². The van der Waals surface area contributed by atoms with Crippen LogP contribution in [-0.2, 0) is 0 Å². The molecule has 2 aromatic heterocycles. The first-order valence-electron chi connectivity index (χ1n) is 6.24. The Hall–Kier alpha value is 0.0900. The molecule has 20 heavy (non-hydrogen) atoms. The van der Waals surface area contributed by atoms with E-state index in [0.717, 1.165) is 27.5 Å². The molecule has 1 saturated carbocycles. The lowest BCUT2D eigenvalue weighted by Gasteiger charge is -2.12. The number of furan rings is 1. The monoisotopic (exact) mass is 482 g/mol. The van der Waals surface area contributed by atoms with E-state index < -0.39 is 0 Å². The molecule has 2 heterocycles. The summed E-state index contributed by atoms with van der Waals surface area (Å²) in [6, 6.07) is 1.84. The fourth-order valence-corrected chi connectivity index (χ4v) is 3.73. The van der Waals surface area contributed by atoms with Crippen LogP contribution in [0, 0.1) is 0 Å². The van der Waals surface area contributed by atoms with Gasteiger partial charge in [-0.25, -0.2) is 9.97 Å². The van der Waals surface area contributed by atoms with Gasteiger partial charge in [0.15, 0.2) is 16.3 Å². The molecule has 0 aliphatic heterocycles. The van der Waals surface area contributed by atoms with E-state index in [4.69, 9.17) is 16.0 Å². The third kappa shape index (κ3) is 2.85. The first-order chi connectivity index (χ1) is 9.56. The molecule has 0 radical (unpaired) electrons. The lowest BCUT2D eigenvalue weighted by Crippen LogP contribution is -2.02. The molecule has 0 aromatic carbocycles. The summed E-state index contributed by atoms with van der Waals surface area (Å²) >= 11 is 16.5. The van der Waals surface area contributed by atoms with Gasteiger partial charge in [0.25, 0.3) is 0 Å². The van der Waals surface area contributed by atoms with Crippen molar-refractivity contribution in [2.45, 2.75) is 31.6 Å². The first-order valence-corrected chi connectivity index (χ1v) is 9.00. The van der Waals surface area contributed by atoms with Crippen molar-refractivity contribution in [1.82, 2.24) is 9.97 Å². The molecule has 2 aromatic rings. The largest absolute Gasteiger partial charge is 0.445 e. The Balaban J connectivity index is 2.08. The molecule has 0 saturated heterocycles. The second-order valence-electron chi connectivity index (χ2n) is 4.75. The Morgan fingerprint density at radius 3 is 2.45 bits per heavy atom. The molecule has 0 bridgehead atoms. The summed E-state index contributed by atoms with van der Waals surface area (Å²) in [5, 5.41) is 0.431. The van der Waals surface area contributed by atoms with Gasteiger partial charge in [0.2, 0.25) is 0 Å². The van der Waals surface area contributed by atoms with Crippen molar-refractivity contribution in [2.24, 2.45) is 0 Å². The standard InChI is InChI=1S/C13H10Br3ClN2O/c14-7-5-8(20-11(7)16)13-18-10(6-3-1-2-4-6)9(15)12(17)19-13/h5-6H,1-4H2. The van der Waals surface area contributed by atoms with E-state index in [1.54, 1.807) is 0 Å². The molecule has 3 nitrogen and oxygen atoms in total. The van der Waals surface area contributed by atoms with Crippen LogP contribution in [-0.4, -0.2) is 9.97 Å². The van der Waals surface area contributed by atoms with Crippen LogP contribution in [0.5, 0.6) is 0 Å². The third-order valence-electron chi connectivity index (χ3n) is 3.44. The maximum Gasteiger partial charge on any atom is 0.197 e. The lowest BCUT2D eigenvalue weighted by atomic mass is 10.0. The van der Waals surface area contributed by atoms with E-state index in [-0.39, 0.29) is 0 Å². The number of hydrogen-bond donors (Lipinski definition) is 0. The maximum atomic E-state index is 6.23. The molecule has 3 rings (SSSR count). The molecule has 0 atom stereocenters. The van der Waals surface area contributed by atoms with Crippen LogP contribution < -0.4 is 0 Å². The summed E-state index contributed by atoms with van der Waals surface area (Å²) in [6.45, 7) is 0. The van der Waals surface area contributed by atoms with Crippen LogP contribution >= 0.6 is 59.4 Å². The Kier molecular flexibility index (Phi) is 4.55. The highest BCUT2D eigenvalue weighted by molar-refractivity contribution is 9.13. The third-order valence-corrected chi connectivity index (χ3v) is 6.44. The molecule has 1 fully saturated rings. The number of rotatable bonds is 2. The van der Waals surface area contributed by atoms with Crippen molar-refractivity contribution < 1.29 is 4.42 Å². The van der Waals surface area contributed by atoms with Crippen LogP contribution in [0.4, 0.5) is 0 Å². The summed E-state index contributed by atoms with van der Waals surface area (Å²) in [4.78, 5) is 8.96. The minimum atomic E-state index is 0.431. The topological polar surface area (TPSA) is 38.9 Å². The quantitative estimate of drug-likeness (QED) is 0.467. The zero-order chi connectivity index (χ0) is 14.3. The van der Waals surface area contributed by atoms with Crippen molar-refractivity contribution in [3.05, 3.63) is 30.5 Å². The van der Waals surface area contributed by atoms with E-state index >= 15 is 0 Å². The number of halogens is 4. The predicted molar refractivity (Wildman–Crippen MR) is 89.1 cm³/mol. The predicted octanol–water partition coefficient (Wildman–Crippen LogP) is 6.34. The minimum Gasteiger partial charge on any atom is -0.445 e. The number of aromatic nitrogens is 2. The van der Waals surface area contributed by atoms with Crippen molar-refractivity contribution in [1.29, 1.82) is 0 Å². The summed E-state index contributed by atoms with van der Waals surface area (Å²) in [5.74, 6) is 1.56. The van der Waals surface area contributed by atoms with Crippen molar-refractivity contribution in [3.8, 4) is 11.6 Å². The molecule has 0 amide bonds. The van der Waals surface area contributed by atoms with E-state index in [1.807, 2.05) is 6.07 Å². The molecule has 106 valence electrons. The van der Waals surface area contributed by atoms with Crippen molar-refractivity contribution in [3.63, 3.8) is 0 Å². The van der Waals surface area contributed by atoms with E-state index in [0.29, 0.717) is 27.3 Å². The maximum absolute atomic E-state index is 6.23. The Bertz CT molecular complexity index is 634. The van der Waals surface area contributed by atoms with Gasteiger partial charge in [0.05, 0.1) is 14.6 Å². The zero-order valence-corrected chi connectivity index (χ0v) is 15.8.